The van der Waals surface area contributed by atoms with Gasteiger partial charge in [0, 0.05) is 29.3 Å². The van der Waals surface area contributed by atoms with Gasteiger partial charge in [-0.2, -0.15) is 5.10 Å². The highest BCUT2D eigenvalue weighted by atomic mass is 32.2. The van der Waals surface area contributed by atoms with E-state index in [4.69, 9.17) is 0 Å². The number of hydrogen-bond donors (Lipinski definition) is 2. The Morgan fingerprint density at radius 3 is 2.25 bits per heavy atom. The molecule has 0 unspecified atom stereocenters. The highest BCUT2D eigenvalue weighted by molar-refractivity contribution is 7.92. The Bertz CT molecular complexity index is 1310. The van der Waals surface area contributed by atoms with Crippen LogP contribution in [0.5, 0.6) is 0 Å². The van der Waals surface area contributed by atoms with Crippen LogP contribution in [0.2, 0.25) is 0 Å². The monoisotopic (exact) mass is 446 g/mol. The number of rotatable bonds is 7. The first kappa shape index (κ1) is 21.3. The van der Waals surface area contributed by atoms with E-state index in [1.54, 1.807) is 36.5 Å². The maximum absolute atomic E-state index is 13.0. The molecule has 0 atom stereocenters. The fourth-order valence-corrected chi connectivity index (χ4v) is 3.90. The van der Waals surface area contributed by atoms with Crippen molar-refractivity contribution in [3.63, 3.8) is 0 Å². The molecule has 0 aliphatic rings. The van der Waals surface area contributed by atoms with Crippen LogP contribution >= 0.6 is 0 Å². The Balaban J connectivity index is 1.51. The van der Waals surface area contributed by atoms with Gasteiger partial charge in [-0.15, -0.1) is 0 Å². The SMILES string of the molecule is CS(=O)(=O)Nc1ccc(NC(=O)c2ccccc2-c2ccc(Cn3cccn3)cc2)cc1. The third kappa shape index (κ3) is 5.41. The Kier molecular flexibility index (Phi) is 6.04. The average Bonchev–Trinajstić information content (AvgIpc) is 3.28. The van der Waals surface area contributed by atoms with E-state index < -0.39 is 10.0 Å². The van der Waals surface area contributed by atoms with E-state index >= 15 is 0 Å². The summed E-state index contributed by atoms with van der Waals surface area (Å²) in [6.45, 7) is 0.680. The van der Waals surface area contributed by atoms with Crippen LogP contribution in [0, 0.1) is 0 Å². The van der Waals surface area contributed by atoms with Gasteiger partial charge in [-0.1, -0.05) is 42.5 Å². The summed E-state index contributed by atoms with van der Waals surface area (Å²) in [5, 5.41) is 7.09. The lowest BCUT2D eigenvalue weighted by atomic mass is 9.98. The van der Waals surface area contributed by atoms with E-state index in [2.05, 4.69) is 15.1 Å². The van der Waals surface area contributed by atoms with Gasteiger partial charge in [0.25, 0.3) is 5.91 Å². The topological polar surface area (TPSA) is 93.1 Å². The third-order valence-corrected chi connectivity index (χ3v) is 5.39. The molecule has 4 aromatic rings. The number of benzene rings is 3. The molecular weight excluding hydrogens is 424 g/mol. The van der Waals surface area contributed by atoms with E-state index in [-0.39, 0.29) is 5.91 Å². The first-order valence-corrected chi connectivity index (χ1v) is 11.8. The van der Waals surface area contributed by atoms with Crippen LogP contribution in [0.1, 0.15) is 15.9 Å². The Hall–Kier alpha value is -3.91. The molecule has 32 heavy (non-hydrogen) atoms. The molecule has 1 heterocycles. The molecule has 0 saturated heterocycles. The number of nitrogens with zero attached hydrogens (tertiary/aromatic N) is 2. The number of amides is 1. The maximum Gasteiger partial charge on any atom is 0.256 e. The number of aromatic nitrogens is 2. The molecule has 1 aromatic heterocycles. The van der Waals surface area contributed by atoms with Crippen molar-refractivity contribution < 1.29 is 13.2 Å². The summed E-state index contributed by atoms with van der Waals surface area (Å²) in [5.41, 5.74) is 4.42. The van der Waals surface area contributed by atoms with Crippen molar-refractivity contribution in [3.05, 3.63) is 102 Å². The first-order chi connectivity index (χ1) is 15.4. The molecule has 162 valence electrons. The molecule has 4 rings (SSSR count). The van der Waals surface area contributed by atoms with Gasteiger partial charge in [0.05, 0.1) is 12.8 Å². The van der Waals surface area contributed by atoms with Crippen LogP contribution in [-0.4, -0.2) is 30.4 Å². The summed E-state index contributed by atoms with van der Waals surface area (Å²) >= 11 is 0. The summed E-state index contributed by atoms with van der Waals surface area (Å²) in [5.74, 6) is -0.245. The minimum atomic E-state index is -3.35. The van der Waals surface area contributed by atoms with Crippen molar-refractivity contribution in [1.82, 2.24) is 9.78 Å². The lowest BCUT2D eigenvalue weighted by Gasteiger charge is -2.12. The Labute approximate surface area is 186 Å². The number of anilines is 2. The highest BCUT2D eigenvalue weighted by Gasteiger charge is 2.13. The van der Waals surface area contributed by atoms with Crippen molar-refractivity contribution >= 4 is 27.3 Å². The van der Waals surface area contributed by atoms with Crippen LogP contribution in [0.25, 0.3) is 11.1 Å². The molecule has 1 amide bonds. The van der Waals surface area contributed by atoms with Gasteiger partial charge >= 0.3 is 0 Å². The standard InChI is InChI=1S/C24H22N4O3S/c1-32(30,31)27-21-13-11-20(12-14-21)26-24(29)23-6-3-2-5-22(23)19-9-7-18(8-10-19)17-28-16-4-15-25-28/h2-16,27H,17H2,1H3,(H,26,29). The Morgan fingerprint density at radius 1 is 0.906 bits per heavy atom. The second kappa shape index (κ2) is 9.07. The molecule has 0 aliphatic heterocycles. The summed E-state index contributed by atoms with van der Waals surface area (Å²) in [6.07, 6.45) is 4.75. The molecule has 0 bridgehead atoms. The molecule has 2 N–H and O–H groups in total. The zero-order valence-corrected chi connectivity index (χ0v) is 18.2. The van der Waals surface area contributed by atoms with Crippen LogP contribution in [0.3, 0.4) is 0 Å². The fraction of sp³-hybridized carbons (Fsp3) is 0.0833. The lowest BCUT2D eigenvalue weighted by molar-refractivity contribution is 0.102. The van der Waals surface area contributed by atoms with Gasteiger partial charge in [0.2, 0.25) is 10.0 Å². The van der Waals surface area contributed by atoms with Crippen LogP contribution < -0.4 is 10.0 Å². The van der Waals surface area contributed by atoms with Crippen molar-refractivity contribution in [3.8, 4) is 11.1 Å². The number of carbonyl (C=O) groups excluding carboxylic acids is 1. The lowest BCUT2D eigenvalue weighted by Crippen LogP contribution is -2.13. The van der Waals surface area contributed by atoms with Crippen LogP contribution in [0.15, 0.2) is 91.3 Å². The summed E-state index contributed by atoms with van der Waals surface area (Å²) in [6, 6.07) is 23.8. The minimum Gasteiger partial charge on any atom is -0.322 e. The predicted octanol–water partition coefficient (Wildman–Crippen LogP) is 4.22. The van der Waals surface area contributed by atoms with Crippen molar-refractivity contribution in [1.29, 1.82) is 0 Å². The van der Waals surface area contributed by atoms with Gasteiger partial charge in [0.15, 0.2) is 0 Å². The third-order valence-electron chi connectivity index (χ3n) is 4.79. The number of sulfonamides is 1. The average molecular weight is 447 g/mol. The number of hydrogen-bond acceptors (Lipinski definition) is 4. The van der Waals surface area contributed by atoms with E-state index in [9.17, 15) is 13.2 Å². The van der Waals surface area contributed by atoms with E-state index in [0.717, 1.165) is 22.9 Å². The second-order valence-electron chi connectivity index (χ2n) is 7.35. The van der Waals surface area contributed by atoms with Crippen molar-refractivity contribution in [2.75, 3.05) is 16.3 Å². The summed E-state index contributed by atoms with van der Waals surface area (Å²) in [4.78, 5) is 13.0. The summed E-state index contributed by atoms with van der Waals surface area (Å²) in [7, 11) is -3.35. The van der Waals surface area contributed by atoms with Crippen LogP contribution in [-0.2, 0) is 16.6 Å². The molecule has 3 aromatic carbocycles. The molecule has 0 fully saturated rings. The number of carbonyl (C=O) groups is 1. The molecule has 0 aliphatic carbocycles. The first-order valence-electron chi connectivity index (χ1n) is 9.92. The van der Waals surface area contributed by atoms with Gasteiger partial charge in [0.1, 0.15) is 0 Å². The zero-order valence-electron chi connectivity index (χ0n) is 17.4. The van der Waals surface area contributed by atoms with E-state index in [1.807, 2.05) is 59.4 Å². The molecule has 7 nitrogen and oxygen atoms in total. The van der Waals surface area contributed by atoms with Crippen LogP contribution in [0.4, 0.5) is 11.4 Å². The van der Waals surface area contributed by atoms with Crippen molar-refractivity contribution in [2.24, 2.45) is 0 Å². The Morgan fingerprint density at radius 2 is 1.59 bits per heavy atom. The summed E-state index contributed by atoms with van der Waals surface area (Å²) < 4.78 is 26.9. The molecule has 0 spiro atoms. The predicted molar refractivity (Wildman–Crippen MR) is 126 cm³/mol. The van der Waals surface area contributed by atoms with E-state index in [1.165, 1.54) is 0 Å². The normalized spacial score (nSPS) is 11.2. The van der Waals surface area contributed by atoms with Gasteiger partial charge in [-0.25, -0.2) is 8.42 Å². The smallest absolute Gasteiger partial charge is 0.256 e. The molecule has 8 heteroatoms. The van der Waals surface area contributed by atoms with Crippen molar-refractivity contribution in [2.45, 2.75) is 6.54 Å². The second-order valence-corrected chi connectivity index (χ2v) is 9.10. The fourth-order valence-electron chi connectivity index (χ4n) is 3.34. The van der Waals surface area contributed by atoms with Gasteiger partial charge in [-0.3, -0.25) is 14.2 Å². The van der Waals surface area contributed by atoms with Gasteiger partial charge in [-0.05, 0) is 53.1 Å². The zero-order chi connectivity index (χ0) is 22.6. The number of nitrogens with one attached hydrogen (secondary N) is 2. The largest absolute Gasteiger partial charge is 0.322 e. The van der Waals surface area contributed by atoms with Gasteiger partial charge < -0.3 is 5.32 Å². The minimum absolute atomic E-state index is 0.245. The molecule has 0 saturated carbocycles. The van der Waals surface area contributed by atoms with E-state index in [0.29, 0.717) is 23.5 Å². The molecule has 0 radical (unpaired) electrons. The quantitative estimate of drug-likeness (QED) is 0.444. The molecular formula is C24H22N4O3S. The highest BCUT2D eigenvalue weighted by Crippen LogP contribution is 2.25. The maximum atomic E-state index is 13.0.